The lowest BCUT2D eigenvalue weighted by Gasteiger charge is -2.22. The smallest absolute Gasteiger partial charge is 0.224 e. The van der Waals surface area contributed by atoms with Crippen LogP contribution in [0.4, 0.5) is 11.5 Å². The Morgan fingerprint density at radius 2 is 2.06 bits per heavy atom. The summed E-state index contributed by atoms with van der Waals surface area (Å²) in [6.07, 6.45) is 0. The molecule has 0 saturated heterocycles. The molecule has 0 fully saturated rings. The van der Waals surface area contributed by atoms with Gasteiger partial charge in [-0.3, -0.25) is 4.79 Å². The van der Waals surface area contributed by atoms with Crippen LogP contribution in [0.3, 0.4) is 0 Å². The quantitative estimate of drug-likeness (QED) is 0.736. The molecule has 0 atom stereocenters. The Balaban J connectivity index is 2.94. The van der Waals surface area contributed by atoms with Gasteiger partial charge in [-0.25, -0.2) is 4.68 Å². The number of carbonyl (C=O) groups is 1. The topological polar surface area (TPSA) is 99.0 Å². The third-order valence-corrected chi connectivity index (χ3v) is 2.99. The molecular formula is C12H23N5O. The number of rotatable bonds is 5. The van der Waals surface area contributed by atoms with Gasteiger partial charge in [0.15, 0.2) is 0 Å². The molecule has 6 nitrogen and oxygen atoms in total. The summed E-state index contributed by atoms with van der Waals surface area (Å²) in [6.45, 7) is 9.92. The van der Waals surface area contributed by atoms with E-state index in [0.717, 1.165) is 11.5 Å². The SMILES string of the molecule is Cc1nn(C(C)C)c(NCC(C)(C)C(N)=O)c1N. The highest BCUT2D eigenvalue weighted by molar-refractivity contribution is 5.80. The Morgan fingerprint density at radius 3 is 2.50 bits per heavy atom. The number of carbonyl (C=O) groups excluding carboxylic acids is 1. The van der Waals surface area contributed by atoms with Crippen molar-refractivity contribution in [2.45, 2.75) is 40.7 Å². The van der Waals surface area contributed by atoms with Crippen molar-refractivity contribution in [3.05, 3.63) is 5.69 Å². The number of anilines is 2. The summed E-state index contributed by atoms with van der Waals surface area (Å²) in [4.78, 5) is 11.3. The van der Waals surface area contributed by atoms with Crippen LogP contribution in [-0.4, -0.2) is 22.2 Å². The fourth-order valence-corrected chi connectivity index (χ4v) is 1.50. The summed E-state index contributed by atoms with van der Waals surface area (Å²) in [5.41, 5.74) is 12.1. The molecule has 0 saturated carbocycles. The molecule has 0 aliphatic carbocycles. The van der Waals surface area contributed by atoms with Gasteiger partial charge in [-0.15, -0.1) is 0 Å². The number of nitrogen functional groups attached to an aromatic ring is 1. The van der Waals surface area contributed by atoms with E-state index in [-0.39, 0.29) is 11.9 Å². The first-order chi connectivity index (χ1) is 8.16. The van der Waals surface area contributed by atoms with Crippen LogP contribution in [0, 0.1) is 12.3 Å². The lowest BCUT2D eigenvalue weighted by atomic mass is 9.93. The first-order valence-corrected chi connectivity index (χ1v) is 6.05. The van der Waals surface area contributed by atoms with Crippen molar-refractivity contribution in [1.82, 2.24) is 9.78 Å². The highest BCUT2D eigenvalue weighted by Crippen LogP contribution is 2.27. The van der Waals surface area contributed by atoms with E-state index in [0.29, 0.717) is 12.2 Å². The Kier molecular flexibility index (Phi) is 3.88. The van der Waals surface area contributed by atoms with Gasteiger partial charge in [0.25, 0.3) is 0 Å². The number of amides is 1. The van der Waals surface area contributed by atoms with Crippen molar-refractivity contribution in [2.24, 2.45) is 11.1 Å². The number of nitrogens with zero attached hydrogens (tertiary/aromatic N) is 2. The highest BCUT2D eigenvalue weighted by atomic mass is 16.1. The molecule has 5 N–H and O–H groups in total. The largest absolute Gasteiger partial charge is 0.394 e. The number of hydrogen-bond acceptors (Lipinski definition) is 4. The number of hydrogen-bond donors (Lipinski definition) is 3. The van der Waals surface area contributed by atoms with Gasteiger partial charge in [0.1, 0.15) is 5.82 Å². The van der Waals surface area contributed by atoms with E-state index < -0.39 is 5.41 Å². The summed E-state index contributed by atoms with van der Waals surface area (Å²) in [7, 11) is 0. The second-order valence-electron chi connectivity index (χ2n) is 5.49. The Labute approximate surface area is 108 Å². The molecule has 0 aromatic carbocycles. The number of nitrogens with one attached hydrogen (secondary N) is 1. The average Bonchev–Trinajstić information content (AvgIpc) is 2.53. The maximum Gasteiger partial charge on any atom is 0.224 e. The van der Waals surface area contributed by atoms with E-state index in [4.69, 9.17) is 11.5 Å². The highest BCUT2D eigenvalue weighted by Gasteiger charge is 2.26. The number of aryl methyl sites for hydroxylation is 1. The van der Waals surface area contributed by atoms with Crippen LogP contribution in [0.2, 0.25) is 0 Å². The Hall–Kier alpha value is -1.72. The van der Waals surface area contributed by atoms with Crippen LogP contribution >= 0.6 is 0 Å². The minimum Gasteiger partial charge on any atom is -0.394 e. The fraction of sp³-hybridized carbons (Fsp3) is 0.667. The first kappa shape index (κ1) is 14.3. The van der Waals surface area contributed by atoms with Gasteiger partial charge in [-0.1, -0.05) is 0 Å². The molecule has 0 radical (unpaired) electrons. The molecule has 0 aliphatic heterocycles. The predicted octanol–water partition coefficient (Wildman–Crippen LogP) is 1.28. The third-order valence-electron chi connectivity index (χ3n) is 2.99. The monoisotopic (exact) mass is 253 g/mol. The number of primary amides is 1. The normalized spacial score (nSPS) is 11.9. The van der Waals surface area contributed by atoms with Crippen LogP contribution in [0.15, 0.2) is 0 Å². The van der Waals surface area contributed by atoms with Gasteiger partial charge in [-0.2, -0.15) is 5.10 Å². The van der Waals surface area contributed by atoms with E-state index in [1.165, 1.54) is 0 Å². The maximum absolute atomic E-state index is 11.3. The molecule has 0 spiro atoms. The third kappa shape index (κ3) is 2.75. The van der Waals surface area contributed by atoms with Crippen molar-refractivity contribution in [3.63, 3.8) is 0 Å². The zero-order valence-electron chi connectivity index (χ0n) is 11.7. The molecule has 0 bridgehead atoms. The van der Waals surface area contributed by atoms with E-state index >= 15 is 0 Å². The lowest BCUT2D eigenvalue weighted by molar-refractivity contribution is -0.125. The van der Waals surface area contributed by atoms with Crippen LogP contribution in [0.5, 0.6) is 0 Å². The van der Waals surface area contributed by atoms with Gasteiger partial charge in [-0.05, 0) is 34.6 Å². The van der Waals surface area contributed by atoms with Crippen molar-refractivity contribution >= 4 is 17.4 Å². The van der Waals surface area contributed by atoms with Gasteiger partial charge in [0.05, 0.1) is 16.8 Å². The van der Waals surface area contributed by atoms with Gasteiger partial charge in [0, 0.05) is 12.6 Å². The second-order valence-corrected chi connectivity index (χ2v) is 5.49. The van der Waals surface area contributed by atoms with E-state index in [9.17, 15) is 4.79 Å². The molecule has 0 unspecified atom stereocenters. The molecule has 1 amide bonds. The van der Waals surface area contributed by atoms with E-state index in [1.54, 1.807) is 13.8 Å². The molecule has 0 aliphatic rings. The molecule has 1 aromatic heterocycles. The van der Waals surface area contributed by atoms with E-state index in [1.807, 2.05) is 25.5 Å². The van der Waals surface area contributed by atoms with Crippen LogP contribution in [0.25, 0.3) is 0 Å². The van der Waals surface area contributed by atoms with Crippen LogP contribution in [0.1, 0.15) is 39.4 Å². The van der Waals surface area contributed by atoms with Crippen molar-refractivity contribution in [2.75, 3.05) is 17.6 Å². The Bertz CT molecular complexity index is 448. The van der Waals surface area contributed by atoms with Gasteiger partial charge < -0.3 is 16.8 Å². The van der Waals surface area contributed by atoms with Crippen molar-refractivity contribution in [3.8, 4) is 0 Å². The maximum atomic E-state index is 11.3. The van der Waals surface area contributed by atoms with Crippen molar-refractivity contribution < 1.29 is 4.79 Å². The number of nitrogens with two attached hydrogens (primary N) is 2. The molecule has 102 valence electrons. The summed E-state index contributed by atoms with van der Waals surface area (Å²) in [5, 5.41) is 7.55. The van der Waals surface area contributed by atoms with Crippen LogP contribution in [-0.2, 0) is 4.79 Å². The first-order valence-electron chi connectivity index (χ1n) is 6.05. The zero-order chi connectivity index (χ0) is 14.1. The molecule has 6 heteroatoms. The zero-order valence-corrected chi connectivity index (χ0v) is 11.7. The van der Waals surface area contributed by atoms with E-state index in [2.05, 4.69) is 10.4 Å². The minimum atomic E-state index is -0.633. The van der Waals surface area contributed by atoms with Crippen LogP contribution < -0.4 is 16.8 Å². The van der Waals surface area contributed by atoms with Gasteiger partial charge in [0.2, 0.25) is 5.91 Å². The molecule has 1 aromatic rings. The summed E-state index contributed by atoms with van der Waals surface area (Å²) < 4.78 is 1.82. The lowest BCUT2D eigenvalue weighted by Crippen LogP contribution is -2.37. The average molecular weight is 253 g/mol. The molecule has 18 heavy (non-hydrogen) atoms. The summed E-state index contributed by atoms with van der Waals surface area (Å²) in [6, 6.07) is 0.195. The van der Waals surface area contributed by atoms with Gasteiger partial charge >= 0.3 is 0 Å². The fourth-order valence-electron chi connectivity index (χ4n) is 1.50. The predicted molar refractivity (Wildman–Crippen MR) is 73.2 cm³/mol. The molecule has 1 rings (SSSR count). The minimum absolute atomic E-state index is 0.195. The summed E-state index contributed by atoms with van der Waals surface area (Å²) in [5.74, 6) is 0.401. The van der Waals surface area contributed by atoms with Crippen molar-refractivity contribution in [1.29, 1.82) is 0 Å². The molecular weight excluding hydrogens is 230 g/mol. The Morgan fingerprint density at radius 1 is 1.50 bits per heavy atom. The number of aromatic nitrogens is 2. The standard InChI is InChI=1S/C12H23N5O/c1-7(2)17-10(9(13)8(3)16-17)15-6-12(4,5)11(14)18/h7,15H,6,13H2,1-5H3,(H2,14,18). The second kappa shape index (κ2) is 4.88. The summed E-state index contributed by atoms with van der Waals surface area (Å²) >= 11 is 0. The molecule has 1 heterocycles.